The first-order chi connectivity index (χ1) is 9.49. The lowest BCUT2D eigenvalue weighted by atomic mass is 9.98. The summed E-state index contributed by atoms with van der Waals surface area (Å²) >= 11 is 0. The quantitative estimate of drug-likeness (QED) is 0.732. The fourth-order valence-electron chi connectivity index (χ4n) is 1.78. The van der Waals surface area contributed by atoms with E-state index in [1.807, 2.05) is 0 Å². The van der Waals surface area contributed by atoms with E-state index in [2.05, 4.69) is 4.74 Å². The number of carbonyl (C=O) groups is 2. The monoisotopic (exact) mass is 282 g/mol. The summed E-state index contributed by atoms with van der Waals surface area (Å²) in [7, 11) is 1.29. The number of carboxylic acid groups (broad SMARTS) is 1. The molecule has 0 heterocycles. The minimum atomic E-state index is -1.65. The first-order valence-electron chi connectivity index (χ1n) is 6.22. The first kappa shape index (κ1) is 16.0. The van der Waals surface area contributed by atoms with Crippen molar-refractivity contribution < 1.29 is 29.3 Å². The van der Waals surface area contributed by atoms with Gasteiger partial charge in [0.15, 0.2) is 6.10 Å². The van der Waals surface area contributed by atoms with Crippen molar-refractivity contribution in [1.29, 1.82) is 0 Å². The molecule has 0 saturated heterocycles. The number of hydrogen-bond donors (Lipinski definition) is 2. The van der Waals surface area contributed by atoms with Crippen molar-refractivity contribution in [3.8, 4) is 5.75 Å². The Hall–Kier alpha value is -2.08. The van der Waals surface area contributed by atoms with E-state index < -0.39 is 18.0 Å². The van der Waals surface area contributed by atoms with Gasteiger partial charge in [0.2, 0.25) is 0 Å². The molecule has 1 atom stereocenters. The van der Waals surface area contributed by atoms with E-state index in [-0.39, 0.29) is 12.0 Å². The van der Waals surface area contributed by atoms with Gasteiger partial charge in [0.1, 0.15) is 5.75 Å². The maximum Gasteiger partial charge on any atom is 0.337 e. The molecule has 6 heteroatoms. The number of aliphatic hydroxyl groups is 1. The molecule has 0 aliphatic carbocycles. The van der Waals surface area contributed by atoms with Crippen LogP contribution in [-0.4, -0.2) is 35.9 Å². The zero-order valence-electron chi connectivity index (χ0n) is 11.5. The number of aliphatic carboxylic acids is 1. The second-order valence-electron chi connectivity index (χ2n) is 4.11. The van der Waals surface area contributed by atoms with Crippen molar-refractivity contribution in [3.05, 3.63) is 29.3 Å². The lowest BCUT2D eigenvalue weighted by Crippen LogP contribution is -2.14. The molecule has 1 rings (SSSR count). The summed E-state index contributed by atoms with van der Waals surface area (Å²) in [5.74, 6) is -1.27. The summed E-state index contributed by atoms with van der Waals surface area (Å²) in [6, 6.07) is 4.80. The smallest absolute Gasteiger partial charge is 0.337 e. The number of carboxylic acids is 1. The summed E-state index contributed by atoms with van der Waals surface area (Å²) in [5, 5.41) is 18.6. The van der Waals surface area contributed by atoms with Gasteiger partial charge < -0.3 is 19.7 Å². The molecular formula is C14H18O6. The number of aliphatic hydroxyl groups excluding tert-OH is 1. The molecule has 2 N–H and O–H groups in total. The molecule has 6 nitrogen and oxygen atoms in total. The predicted octanol–water partition coefficient (Wildman–Crippen LogP) is 1.31. The second kappa shape index (κ2) is 7.49. The van der Waals surface area contributed by atoms with Crippen LogP contribution in [0.2, 0.25) is 0 Å². The second-order valence-corrected chi connectivity index (χ2v) is 4.11. The SMILES string of the molecule is CCOc1ccc(CCC(=O)OC)c(C(O)C(=O)O)c1. The molecule has 0 aliphatic rings. The molecule has 0 radical (unpaired) electrons. The third-order valence-electron chi connectivity index (χ3n) is 2.78. The van der Waals surface area contributed by atoms with Crippen LogP contribution in [0.15, 0.2) is 18.2 Å². The lowest BCUT2D eigenvalue weighted by Gasteiger charge is -2.14. The summed E-state index contributed by atoms with van der Waals surface area (Å²) < 4.78 is 9.82. The fraction of sp³-hybridized carbons (Fsp3) is 0.429. The molecule has 1 aromatic carbocycles. The summed E-state index contributed by atoms with van der Waals surface area (Å²) in [6.07, 6.45) is -1.24. The number of ether oxygens (including phenoxy) is 2. The maximum absolute atomic E-state index is 11.1. The average molecular weight is 282 g/mol. The normalized spacial score (nSPS) is 11.8. The molecule has 0 fully saturated rings. The standard InChI is InChI=1S/C14H18O6/c1-3-20-10-6-4-9(5-7-12(15)19-2)11(8-10)13(16)14(17)18/h4,6,8,13,16H,3,5,7H2,1-2H3,(H,17,18). The molecule has 0 spiro atoms. The minimum absolute atomic E-state index is 0.115. The lowest BCUT2D eigenvalue weighted by molar-refractivity contribution is -0.147. The van der Waals surface area contributed by atoms with E-state index in [0.29, 0.717) is 24.3 Å². The van der Waals surface area contributed by atoms with Gasteiger partial charge in [-0.3, -0.25) is 4.79 Å². The molecule has 0 amide bonds. The van der Waals surface area contributed by atoms with Gasteiger partial charge in [-0.05, 0) is 36.6 Å². The van der Waals surface area contributed by atoms with Crippen LogP contribution in [0.3, 0.4) is 0 Å². The van der Waals surface area contributed by atoms with E-state index in [4.69, 9.17) is 9.84 Å². The first-order valence-corrected chi connectivity index (χ1v) is 6.22. The van der Waals surface area contributed by atoms with Gasteiger partial charge in [0.25, 0.3) is 0 Å². The Morgan fingerprint density at radius 3 is 2.60 bits per heavy atom. The molecule has 1 unspecified atom stereocenters. The van der Waals surface area contributed by atoms with E-state index in [0.717, 1.165) is 0 Å². The molecule has 110 valence electrons. The van der Waals surface area contributed by atoms with Crippen LogP contribution in [-0.2, 0) is 20.7 Å². The zero-order valence-corrected chi connectivity index (χ0v) is 11.5. The van der Waals surface area contributed by atoms with Crippen molar-refractivity contribution in [2.24, 2.45) is 0 Å². The van der Waals surface area contributed by atoms with Gasteiger partial charge in [-0.2, -0.15) is 0 Å². The van der Waals surface area contributed by atoms with E-state index in [1.165, 1.54) is 13.2 Å². The summed E-state index contributed by atoms with van der Waals surface area (Å²) in [6.45, 7) is 2.24. The molecular weight excluding hydrogens is 264 g/mol. The van der Waals surface area contributed by atoms with Crippen LogP contribution in [0, 0.1) is 0 Å². The molecule has 0 aromatic heterocycles. The number of aryl methyl sites for hydroxylation is 1. The number of hydrogen-bond acceptors (Lipinski definition) is 5. The molecule has 0 bridgehead atoms. The highest BCUT2D eigenvalue weighted by Gasteiger charge is 2.20. The third kappa shape index (κ3) is 4.24. The van der Waals surface area contributed by atoms with Crippen LogP contribution >= 0.6 is 0 Å². The Morgan fingerprint density at radius 2 is 2.05 bits per heavy atom. The Bertz CT molecular complexity index is 483. The molecule has 20 heavy (non-hydrogen) atoms. The minimum Gasteiger partial charge on any atom is -0.494 e. The van der Waals surface area contributed by atoms with Gasteiger partial charge in [-0.25, -0.2) is 4.79 Å². The Balaban J connectivity index is 3.02. The number of methoxy groups -OCH3 is 1. The molecule has 1 aromatic rings. The van der Waals surface area contributed by atoms with Crippen molar-refractivity contribution in [2.45, 2.75) is 25.9 Å². The van der Waals surface area contributed by atoms with Crippen LogP contribution in [0.5, 0.6) is 5.75 Å². The highest BCUT2D eigenvalue weighted by atomic mass is 16.5. The highest BCUT2D eigenvalue weighted by Crippen LogP contribution is 2.25. The number of esters is 1. The number of rotatable bonds is 7. The van der Waals surface area contributed by atoms with E-state index in [9.17, 15) is 14.7 Å². The molecule has 0 saturated carbocycles. The van der Waals surface area contributed by atoms with Crippen molar-refractivity contribution in [2.75, 3.05) is 13.7 Å². The van der Waals surface area contributed by atoms with E-state index in [1.54, 1.807) is 19.1 Å². The van der Waals surface area contributed by atoms with Gasteiger partial charge in [-0.15, -0.1) is 0 Å². The van der Waals surface area contributed by atoms with Crippen LogP contribution in [0.4, 0.5) is 0 Å². The van der Waals surface area contributed by atoms with Gasteiger partial charge >= 0.3 is 11.9 Å². The molecule has 0 aliphatic heterocycles. The Labute approximate surface area is 116 Å². The predicted molar refractivity (Wildman–Crippen MR) is 70.5 cm³/mol. The Morgan fingerprint density at radius 1 is 1.35 bits per heavy atom. The van der Waals surface area contributed by atoms with Crippen LogP contribution in [0.1, 0.15) is 30.6 Å². The van der Waals surface area contributed by atoms with Crippen LogP contribution < -0.4 is 4.74 Å². The Kier molecular flexibility index (Phi) is 5.99. The number of benzene rings is 1. The maximum atomic E-state index is 11.1. The summed E-state index contributed by atoms with van der Waals surface area (Å²) in [5.41, 5.74) is 0.807. The van der Waals surface area contributed by atoms with E-state index >= 15 is 0 Å². The van der Waals surface area contributed by atoms with Crippen molar-refractivity contribution in [1.82, 2.24) is 0 Å². The van der Waals surface area contributed by atoms with Crippen molar-refractivity contribution >= 4 is 11.9 Å². The van der Waals surface area contributed by atoms with Crippen molar-refractivity contribution in [3.63, 3.8) is 0 Å². The van der Waals surface area contributed by atoms with Crippen LogP contribution in [0.25, 0.3) is 0 Å². The van der Waals surface area contributed by atoms with Gasteiger partial charge in [0, 0.05) is 6.42 Å². The summed E-state index contributed by atoms with van der Waals surface area (Å²) in [4.78, 5) is 22.1. The fourth-order valence-corrected chi connectivity index (χ4v) is 1.78. The average Bonchev–Trinajstić information content (AvgIpc) is 2.44. The number of carbonyl (C=O) groups excluding carboxylic acids is 1. The zero-order chi connectivity index (χ0) is 15.1. The largest absolute Gasteiger partial charge is 0.494 e. The topological polar surface area (TPSA) is 93.1 Å². The van der Waals surface area contributed by atoms with Gasteiger partial charge in [0.05, 0.1) is 13.7 Å². The third-order valence-corrected chi connectivity index (χ3v) is 2.78. The van der Waals surface area contributed by atoms with Gasteiger partial charge in [-0.1, -0.05) is 6.07 Å². The highest BCUT2D eigenvalue weighted by molar-refractivity contribution is 5.75.